The molecule has 0 aliphatic carbocycles. The summed E-state index contributed by atoms with van der Waals surface area (Å²) in [4.78, 5) is 0. The van der Waals surface area contributed by atoms with Crippen molar-refractivity contribution >= 4 is 11.8 Å². The predicted octanol–water partition coefficient (Wildman–Crippen LogP) is 3.88. The molecule has 17 heavy (non-hydrogen) atoms. The predicted molar refractivity (Wildman–Crippen MR) is 64.0 cm³/mol. The molecule has 1 rings (SSSR count). The molecule has 0 radical (unpaired) electrons. The molecule has 1 aromatic carbocycles. The first-order chi connectivity index (χ1) is 7.95. The Hall–Kier alpha value is -0.680. The second-order valence-electron chi connectivity index (χ2n) is 3.77. The number of halogens is 3. The highest BCUT2D eigenvalue weighted by atomic mass is 32.2. The van der Waals surface area contributed by atoms with E-state index in [2.05, 4.69) is 0 Å². The molecule has 0 bridgehead atoms. The maximum Gasteiger partial charge on any atom is 0.416 e. The molecular formula is C12H15F3OS. The van der Waals surface area contributed by atoms with Gasteiger partial charge in [-0.05, 0) is 42.5 Å². The van der Waals surface area contributed by atoms with Crippen LogP contribution in [0.4, 0.5) is 13.2 Å². The third-order valence-corrected chi connectivity index (χ3v) is 3.15. The highest BCUT2D eigenvalue weighted by Crippen LogP contribution is 2.30. The van der Waals surface area contributed by atoms with Gasteiger partial charge in [0.05, 0.1) is 11.7 Å². The molecule has 1 aromatic rings. The molecule has 5 heteroatoms. The van der Waals surface area contributed by atoms with Crippen molar-refractivity contribution in [3.05, 3.63) is 35.4 Å². The largest absolute Gasteiger partial charge is 0.416 e. The zero-order chi connectivity index (χ0) is 12.9. The maximum atomic E-state index is 12.3. The average Bonchev–Trinajstić information content (AvgIpc) is 2.28. The van der Waals surface area contributed by atoms with E-state index in [1.54, 1.807) is 11.8 Å². The Morgan fingerprint density at radius 1 is 1.24 bits per heavy atom. The Bertz CT molecular complexity index is 335. The third kappa shape index (κ3) is 4.60. The minimum atomic E-state index is -4.32. The molecule has 1 atom stereocenters. The van der Waals surface area contributed by atoms with E-state index in [1.807, 2.05) is 6.26 Å². The van der Waals surface area contributed by atoms with Crippen LogP contribution < -0.4 is 0 Å². The summed E-state index contributed by atoms with van der Waals surface area (Å²) in [6, 6.07) is 4.69. The number of hydrogen-bond donors (Lipinski definition) is 1. The van der Waals surface area contributed by atoms with Gasteiger partial charge in [-0.2, -0.15) is 24.9 Å². The van der Waals surface area contributed by atoms with Gasteiger partial charge in [-0.3, -0.25) is 0 Å². The van der Waals surface area contributed by atoms with Crippen LogP contribution in [0.15, 0.2) is 24.3 Å². The van der Waals surface area contributed by atoms with Gasteiger partial charge in [0.2, 0.25) is 0 Å². The highest BCUT2D eigenvalue weighted by molar-refractivity contribution is 7.98. The van der Waals surface area contributed by atoms with E-state index < -0.39 is 17.8 Å². The zero-order valence-corrected chi connectivity index (χ0v) is 10.3. The summed E-state index contributed by atoms with van der Waals surface area (Å²) in [7, 11) is 0. The van der Waals surface area contributed by atoms with Gasteiger partial charge < -0.3 is 5.11 Å². The Kier molecular flexibility index (Phi) is 5.33. The van der Waals surface area contributed by atoms with Gasteiger partial charge >= 0.3 is 6.18 Å². The van der Waals surface area contributed by atoms with Crippen LogP contribution in [0.25, 0.3) is 0 Å². The van der Waals surface area contributed by atoms with Crippen molar-refractivity contribution in [1.29, 1.82) is 0 Å². The summed E-state index contributed by atoms with van der Waals surface area (Å²) in [5, 5.41) is 9.75. The first kappa shape index (κ1) is 14.4. The second kappa shape index (κ2) is 6.31. The van der Waals surface area contributed by atoms with Gasteiger partial charge in [0, 0.05) is 0 Å². The van der Waals surface area contributed by atoms with Crippen LogP contribution in [0.2, 0.25) is 0 Å². The molecule has 0 spiro atoms. The van der Waals surface area contributed by atoms with Crippen molar-refractivity contribution < 1.29 is 18.3 Å². The summed E-state index contributed by atoms with van der Waals surface area (Å²) in [6.45, 7) is 0. The van der Waals surface area contributed by atoms with Crippen LogP contribution in [0.3, 0.4) is 0 Å². The fraction of sp³-hybridized carbons (Fsp3) is 0.500. The van der Waals surface area contributed by atoms with Crippen molar-refractivity contribution in [2.75, 3.05) is 12.0 Å². The molecule has 0 amide bonds. The highest BCUT2D eigenvalue weighted by Gasteiger charge is 2.30. The fourth-order valence-corrected chi connectivity index (χ4v) is 1.94. The lowest BCUT2D eigenvalue weighted by Gasteiger charge is -2.12. The van der Waals surface area contributed by atoms with Crippen molar-refractivity contribution in [3.63, 3.8) is 0 Å². The molecular weight excluding hydrogens is 249 g/mol. The van der Waals surface area contributed by atoms with E-state index in [9.17, 15) is 18.3 Å². The molecule has 0 saturated carbocycles. The fourth-order valence-electron chi connectivity index (χ4n) is 1.48. The molecule has 0 aliphatic rings. The summed E-state index contributed by atoms with van der Waals surface area (Å²) < 4.78 is 36.9. The summed E-state index contributed by atoms with van der Waals surface area (Å²) in [5.74, 6) is 0.942. The standard InChI is InChI=1S/C12H15F3OS/c1-17-8-2-3-11(16)9-4-6-10(7-5-9)12(13,14)15/h4-7,11,16H,2-3,8H2,1H3. The number of thioether (sulfide) groups is 1. The molecule has 0 fully saturated rings. The summed E-state index contributed by atoms with van der Waals surface area (Å²) in [6.07, 6.45) is -1.59. The molecule has 0 aliphatic heterocycles. The molecule has 0 saturated heterocycles. The molecule has 96 valence electrons. The summed E-state index contributed by atoms with van der Waals surface area (Å²) >= 11 is 1.68. The summed E-state index contributed by atoms with van der Waals surface area (Å²) in [5.41, 5.74) is -0.142. The first-order valence-electron chi connectivity index (χ1n) is 5.29. The lowest BCUT2D eigenvalue weighted by atomic mass is 10.0. The van der Waals surface area contributed by atoms with E-state index in [0.717, 1.165) is 24.3 Å². The van der Waals surface area contributed by atoms with Crippen LogP contribution >= 0.6 is 11.8 Å². The van der Waals surface area contributed by atoms with Crippen LogP contribution in [0.5, 0.6) is 0 Å². The van der Waals surface area contributed by atoms with Gasteiger partial charge in [0.25, 0.3) is 0 Å². The van der Waals surface area contributed by atoms with E-state index in [4.69, 9.17) is 0 Å². The molecule has 0 aromatic heterocycles. The normalized spacial score (nSPS) is 13.7. The SMILES string of the molecule is CSCCCC(O)c1ccc(C(F)(F)F)cc1. The number of alkyl halides is 3. The number of aliphatic hydroxyl groups is 1. The van der Waals surface area contributed by atoms with Crippen molar-refractivity contribution in [2.45, 2.75) is 25.1 Å². The lowest BCUT2D eigenvalue weighted by molar-refractivity contribution is -0.137. The van der Waals surface area contributed by atoms with Crippen LogP contribution in [-0.2, 0) is 6.18 Å². The Balaban J connectivity index is 2.61. The minimum Gasteiger partial charge on any atom is -0.388 e. The van der Waals surface area contributed by atoms with Crippen molar-refractivity contribution in [2.24, 2.45) is 0 Å². The Morgan fingerprint density at radius 2 is 1.82 bits per heavy atom. The number of benzene rings is 1. The zero-order valence-electron chi connectivity index (χ0n) is 9.50. The van der Waals surface area contributed by atoms with Crippen molar-refractivity contribution in [1.82, 2.24) is 0 Å². The molecule has 1 unspecified atom stereocenters. The third-order valence-electron chi connectivity index (χ3n) is 2.45. The van der Waals surface area contributed by atoms with Gasteiger partial charge in [-0.15, -0.1) is 0 Å². The average molecular weight is 264 g/mol. The van der Waals surface area contributed by atoms with Gasteiger partial charge in [0.15, 0.2) is 0 Å². The van der Waals surface area contributed by atoms with Crippen LogP contribution in [-0.4, -0.2) is 17.1 Å². The quantitative estimate of drug-likeness (QED) is 0.814. The van der Waals surface area contributed by atoms with E-state index in [1.165, 1.54) is 12.1 Å². The van der Waals surface area contributed by atoms with Crippen LogP contribution in [0.1, 0.15) is 30.1 Å². The van der Waals surface area contributed by atoms with Crippen molar-refractivity contribution in [3.8, 4) is 0 Å². The number of hydrogen-bond acceptors (Lipinski definition) is 2. The molecule has 1 nitrogen and oxygen atoms in total. The van der Waals surface area contributed by atoms with Crippen LogP contribution in [0, 0.1) is 0 Å². The van der Waals surface area contributed by atoms with E-state index in [0.29, 0.717) is 12.0 Å². The van der Waals surface area contributed by atoms with E-state index in [-0.39, 0.29) is 0 Å². The first-order valence-corrected chi connectivity index (χ1v) is 6.68. The number of aliphatic hydroxyl groups excluding tert-OH is 1. The van der Waals surface area contributed by atoms with Gasteiger partial charge in [-0.25, -0.2) is 0 Å². The number of rotatable bonds is 5. The minimum absolute atomic E-state index is 0.541. The van der Waals surface area contributed by atoms with Gasteiger partial charge in [-0.1, -0.05) is 12.1 Å². The van der Waals surface area contributed by atoms with E-state index >= 15 is 0 Å². The smallest absolute Gasteiger partial charge is 0.388 e. The lowest BCUT2D eigenvalue weighted by Crippen LogP contribution is -2.05. The monoisotopic (exact) mass is 264 g/mol. The molecule has 1 N–H and O–H groups in total. The topological polar surface area (TPSA) is 20.2 Å². The maximum absolute atomic E-state index is 12.3. The Morgan fingerprint density at radius 3 is 2.29 bits per heavy atom. The van der Waals surface area contributed by atoms with Gasteiger partial charge in [0.1, 0.15) is 0 Å². The second-order valence-corrected chi connectivity index (χ2v) is 4.76. The Labute approximate surface area is 103 Å². The molecule has 0 heterocycles.